The number of carbonyl (C=O) groups is 2. The van der Waals surface area contributed by atoms with Crippen LogP contribution in [-0.2, 0) is 9.59 Å². The van der Waals surface area contributed by atoms with Gasteiger partial charge < -0.3 is 20.5 Å². The molecule has 0 unspecified atom stereocenters. The molecule has 6 heteroatoms. The van der Waals surface area contributed by atoms with Crippen LogP contribution in [0.25, 0.3) is 16.5 Å². The van der Waals surface area contributed by atoms with E-state index in [4.69, 9.17) is 5.73 Å². The summed E-state index contributed by atoms with van der Waals surface area (Å²) in [6.45, 7) is 17.1. The molecule has 2 aliphatic heterocycles. The van der Waals surface area contributed by atoms with Gasteiger partial charge in [-0.15, -0.1) is 0 Å². The standard InChI is InChI=1S/C31H42N4O2/c1-19(2)15-24(16-20(3)4)30-29(21(5)6)25-17-23(7-8-27(25)33-30)22-9-12-34(13-10-22)28(36)18-35-14-11-26(32)31(35)37/h7-8,15-17,21-22,26,33H,1,9-14,18,32H2,2-6H3/b24-15+/t26-/m1/s1. The molecule has 0 radical (unpaired) electrons. The summed E-state index contributed by atoms with van der Waals surface area (Å²) in [6.07, 6.45) is 6.87. The van der Waals surface area contributed by atoms with Gasteiger partial charge in [-0.1, -0.05) is 49.8 Å². The van der Waals surface area contributed by atoms with Gasteiger partial charge in [0.2, 0.25) is 11.8 Å². The van der Waals surface area contributed by atoms with E-state index in [1.807, 2.05) is 11.8 Å². The lowest BCUT2D eigenvalue weighted by Crippen LogP contribution is -2.45. The maximum Gasteiger partial charge on any atom is 0.242 e. The topological polar surface area (TPSA) is 82.4 Å². The first-order valence-corrected chi connectivity index (χ1v) is 13.5. The Hall–Kier alpha value is -3.12. The minimum absolute atomic E-state index is 0.0322. The Morgan fingerprint density at radius 1 is 1.14 bits per heavy atom. The molecule has 0 spiro atoms. The number of hydrogen-bond donors (Lipinski definition) is 2. The van der Waals surface area contributed by atoms with Gasteiger partial charge in [0.25, 0.3) is 0 Å². The second kappa shape index (κ2) is 11.1. The fraction of sp³-hybridized carbons (Fsp3) is 0.484. The van der Waals surface area contributed by atoms with Crippen LogP contribution in [0.3, 0.4) is 0 Å². The number of H-pyrrole nitrogens is 1. The number of amides is 2. The highest BCUT2D eigenvalue weighted by molar-refractivity contribution is 5.93. The van der Waals surface area contributed by atoms with E-state index >= 15 is 0 Å². The normalized spacial score (nSPS) is 19.3. The van der Waals surface area contributed by atoms with Crippen molar-refractivity contribution >= 4 is 28.3 Å². The summed E-state index contributed by atoms with van der Waals surface area (Å²) >= 11 is 0. The summed E-state index contributed by atoms with van der Waals surface area (Å²) in [5, 5.41) is 1.28. The molecule has 2 fully saturated rings. The molecule has 37 heavy (non-hydrogen) atoms. The van der Waals surface area contributed by atoms with E-state index in [9.17, 15) is 9.59 Å². The van der Waals surface area contributed by atoms with Crippen molar-refractivity contribution in [2.45, 2.75) is 71.8 Å². The SMILES string of the molecule is C=C(C)/C=C(\C=C(C)C)c1[nH]c2ccc(C3CCN(C(=O)CN4CC[C@@H](N)C4=O)CC3)cc2c1C(C)C. The van der Waals surface area contributed by atoms with E-state index in [1.54, 1.807) is 4.90 Å². The van der Waals surface area contributed by atoms with Crippen molar-refractivity contribution in [3.8, 4) is 0 Å². The summed E-state index contributed by atoms with van der Waals surface area (Å²) in [5.74, 6) is 0.704. The highest BCUT2D eigenvalue weighted by Crippen LogP contribution is 2.37. The lowest BCUT2D eigenvalue weighted by atomic mass is 9.87. The van der Waals surface area contributed by atoms with Gasteiger partial charge in [0.05, 0.1) is 12.6 Å². The first-order chi connectivity index (χ1) is 17.5. The van der Waals surface area contributed by atoms with Gasteiger partial charge in [-0.2, -0.15) is 0 Å². The van der Waals surface area contributed by atoms with Crippen molar-refractivity contribution in [3.63, 3.8) is 0 Å². The number of aromatic nitrogens is 1. The average molecular weight is 503 g/mol. The van der Waals surface area contributed by atoms with Crippen LogP contribution in [0.5, 0.6) is 0 Å². The Bertz CT molecular complexity index is 1250. The van der Waals surface area contributed by atoms with E-state index in [2.05, 4.69) is 69.6 Å². The quantitative estimate of drug-likeness (QED) is 0.492. The maximum absolute atomic E-state index is 12.8. The number of fused-ring (bicyclic) bond motifs is 1. The van der Waals surface area contributed by atoms with Crippen LogP contribution in [0.4, 0.5) is 0 Å². The minimum Gasteiger partial charge on any atom is -0.354 e. The number of hydrogen-bond acceptors (Lipinski definition) is 3. The summed E-state index contributed by atoms with van der Waals surface area (Å²) < 4.78 is 0. The van der Waals surface area contributed by atoms with Crippen LogP contribution >= 0.6 is 0 Å². The molecule has 3 heterocycles. The van der Waals surface area contributed by atoms with Crippen LogP contribution in [0.2, 0.25) is 0 Å². The predicted octanol–water partition coefficient (Wildman–Crippen LogP) is 5.48. The molecule has 2 aromatic rings. The molecule has 1 atom stereocenters. The lowest BCUT2D eigenvalue weighted by molar-refractivity contribution is -0.139. The number of allylic oxidation sites excluding steroid dienone is 5. The van der Waals surface area contributed by atoms with E-state index in [0.29, 0.717) is 24.8 Å². The summed E-state index contributed by atoms with van der Waals surface area (Å²) in [5.41, 5.74) is 14.2. The number of piperidine rings is 1. The third-order valence-electron chi connectivity index (χ3n) is 7.56. The van der Waals surface area contributed by atoms with Crippen LogP contribution in [-0.4, -0.2) is 58.8 Å². The summed E-state index contributed by atoms with van der Waals surface area (Å²) in [7, 11) is 0. The number of nitrogens with zero attached hydrogens (tertiary/aromatic N) is 2. The van der Waals surface area contributed by atoms with Crippen molar-refractivity contribution in [1.82, 2.24) is 14.8 Å². The third kappa shape index (κ3) is 5.90. The largest absolute Gasteiger partial charge is 0.354 e. The molecule has 2 amide bonds. The zero-order valence-electron chi connectivity index (χ0n) is 23.1. The van der Waals surface area contributed by atoms with E-state index in [0.717, 1.165) is 37.0 Å². The Balaban J connectivity index is 1.54. The molecule has 4 rings (SSSR count). The van der Waals surface area contributed by atoms with Gasteiger partial charge in [0.1, 0.15) is 0 Å². The monoisotopic (exact) mass is 502 g/mol. The molecule has 1 aromatic carbocycles. The first kappa shape index (κ1) is 26.9. The minimum atomic E-state index is -0.451. The van der Waals surface area contributed by atoms with Crippen LogP contribution in [0.15, 0.2) is 48.1 Å². The molecule has 2 saturated heterocycles. The molecule has 198 valence electrons. The van der Waals surface area contributed by atoms with Gasteiger partial charge >= 0.3 is 0 Å². The number of nitrogens with two attached hydrogens (primary N) is 1. The lowest BCUT2D eigenvalue weighted by Gasteiger charge is -2.33. The third-order valence-corrected chi connectivity index (χ3v) is 7.56. The van der Waals surface area contributed by atoms with E-state index < -0.39 is 6.04 Å². The highest BCUT2D eigenvalue weighted by atomic mass is 16.2. The Morgan fingerprint density at radius 2 is 1.84 bits per heavy atom. The molecular weight excluding hydrogens is 460 g/mol. The van der Waals surface area contributed by atoms with Crippen LogP contribution < -0.4 is 5.73 Å². The predicted molar refractivity (Wildman–Crippen MR) is 152 cm³/mol. The Kier molecular flexibility index (Phi) is 8.08. The van der Waals surface area contributed by atoms with Crippen molar-refractivity contribution in [3.05, 3.63) is 64.9 Å². The number of carbonyl (C=O) groups excluding carboxylic acids is 2. The molecule has 1 aromatic heterocycles. The second-order valence-electron chi connectivity index (χ2n) is 11.4. The Morgan fingerprint density at radius 3 is 2.41 bits per heavy atom. The maximum atomic E-state index is 12.8. The molecule has 6 nitrogen and oxygen atoms in total. The van der Waals surface area contributed by atoms with E-state index in [1.165, 1.54) is 33.4 Å². The van der Waals surface area contributed by atoms with Gasteiger partial charge in [0, 0.05) is 36.2 Å². The number of aromatic amines is 1. The number of nitrogens with one attached hydrogen (secondary N) is 1. The fourth-order valence-corrected chi connectivity index (χ4v) is 5.72. The van der Waals surface area contributed by atoms with Crippen molar-refractivity contribution in [2.24, 2.45) is 5.73 Å². The van der Waals surface area contributed by atoms with Gasteiger partial charge in [-0.3, -0.25) is 9.59 Å². The van der Waals surface area contributed by atoms with Crippen molar-refractivity contribution in [2.75, 3.05) is 26.2 Å². The zero-order valence-corrected chi connectivity index (χ0v) is 23.1. The highest BCUT2D eigenvalue weighted by Gasteiger charge is 2.32. The van der Waals surface area contributed by atoms with Crippen LogP contribution in [0, 0.1) is 0 Å². The van der Waals surface area contributed by atoms with Crippen LogP contribution in [0.1, 0.15) is 82.5 Å². The molecule has 3 N–H and O–H groups in total. The average Bonchev–Trinajstić information content (AvgIpc) is 3.38. The number of rotatable bonds is 7. The molecular formula is C31H42N4O2. The molecule has 0 bridgehead atoms. The van der Waals surface area contributed by atoms with Gasteiger partial charge in [-0.25, -0.2) is 0 Å². The molecule has 0 saturated carbocycles. The number of likely N-dealkylation sites (tertiary alicyclic amines) is 2. The smallest absolute Gasteiger partial charge is 0.242 e. The number of benzene rings is 1. The fourth-order valence-electron chi connectivity index (χ4n) is 5.72. The molecule has 0 aliphatic carbocycles. The first-order valence-electron chi connectivity index (χ1n) is 13.5. The van der Waals surface area contributed by atoms with Crippen molar-refractivity contribution in [1.29, 1.82) is 0 Å². The van der Waals surface area contributed by atoms with E-state index in [-0.39, 0.29) is 18.4 Å². The molecule has 2 aliphatic rings. The van der Waals surface area contributed by atoms with Crippen molar-refractivity contribution < 1.29 is 9.59 Å². The summed E-state index contributed by atoms with van der Waals surface area (Å²) in [6, 6.07) is 6.36. The van der Waals surface area contributed by atoms with Gasteiger partial charge in [-0.05, 0) is 80.7 Å². The zero-order chi connectivity index (χ0) is 26.9. The van der Waals surface area contributed by atoms with Gasteiger partial charge in [0.15, 0.2) is 0 Å². The summed E-state index contributed by atoms with van der Waals surface area (Å²) in [4.78, 5) is 32.2. The second-order valence-corrected chi connectivity index (χ2v) is 11.4. The Labute approximate surface area is 221 Å².